The predicted octanol–water partition coefficient (Wildman–Crippen LogP) is -0.674. The van der Waals surface area contributed by atoms with Crippen LogP contribution in [0.25, 0.3) is 0 Å². The van der Waals surface area contributed by atoms with Gasteiger partial charge in [0.15, 0.2) is 0 Å². The number of carbonyl (C=O) groups is 1. The van der Waals surface area contributed by atoms with Crippen molar-refractivity contribution in [3.8, 4) is 0 Å². The second-order valence-corrected chi connectivity index (χ2v) is 2.14. The first kappa shape index (κ1) is 4.93. The maximum atomic E-state index is 10.2. The maximum absolute atomic E-state index is 10.2. The fourth-order valence-corrected chi connectivity index (χ4v) is 0.834. The number of hydrogen-bond donors (Lipinski definition) is 1. The van der Waals surface area contributed by atoms with Crippen LogP contribution in [0.1, 0.15) is 0 Å². The summed E-state index contributed by atoms with van der Waals surface area (Å²) in [5.74, 6) is 1.25. The molecular formula is C3H5N2OS. The van der Waals surface area contributed by atoms with Gasteiger partial charge in [0.2, 0.25) is 0 Å². The Bertz CT molecular complexity index is 77.0. The van der Waals surface area contributed by atoms with Gasteiger partial charge in [-0.1, -0.05) is 0 Å². The second kappa shape index (κ2) is 2.18. The quantitative estimate of drug-likeness (QED) is 0.457. The Hall–Kier alpha value is -0.220. The normalized spacial score (nSPS) is 21.4. The molecule has 1 heterocycles. The van der Waals surface area contributed by atoms with Gasteiger partial charge >= 0.3 is 0 Å². The first-order valence-electron chi connectivity index (χ1n) is 1.94. The van der Waals surface area contributed by atoms with Gasteiger partial charge in [-0.25, -0.2) is 5.43 Å². The molecule has 1 saturated heterocycles. The number of rotatable bonds is 0. The third-order valence-electron chi connectivity index (χ3n) is 0.596. The Morgan fingerprint density at radius 1 is 1.86 bits per heavy atom. The van der Waals surface area contributed by atoms with Gasteiger partial charge in [0, 0.05) is 0 Å². The highest BCUT2D eigenvalue weighted by Gasteiger charge is 2.06. The number of thioether (sulfide) groups is 1. The lowest BCUT2D eigenvalue weighted by atomic mass is 10.7. The minimum absolute atomic E-state index is 0.0590. The van der Waals surface area contributed by atoms with E-state index in [1.807, 2.05) is 0 Å². The first-order chi connectivity index (χ1) is 3.39. The zero-order valence-electron chi connectivity index (χ0n) is 3.68. The molecule has 0 spiro atoms. The van der Waals surface area contributed by atoms with Crippen LogP contribution in [-0.2, 0) is 4.79 Å². The third-order valence-corrected chi connectivity index (χ3v) is 1.38. The molecule has 0 aromatic rings. The fourth-order valence-electron chi connectivity index (χ4n) is 0.337. The van der Waals surface area contributed by atoms with Crippen molar-refractivity contribution in [1.29, 1.82) is 0 Å². The van der Waals surface area contributed by atoms with Crippen molar-refractivity contribution in [2.45, 2.75) is 0 Å². The number of nitrogens with one attached hydrogen (secondary N) is 1. The van der Waals surface area contributed by atoms with Crippen LogP contribution in [0.5, 0.6) is 0 Å². The van der Waals surface area contributed by atoms with Crippen molar-refractivity contribution in [3.63, 3.8) is 0 Å². The lowest BCUT2D eigenvalue weighted by molar-refractivity contribution is -0.120. The third kappa shape index (κ3) is 1.36. The van der Waals surface area contributed by atoms with E-state index in [9.17, 15) is 4.79 Å². The molecule has 0 aromatic heterocycles. The molecule has 4 heteroatoms. The van der Waals surface area contributed by atoms with Gasteiger partial charge < -0.3 is 0 Å². The van der Waals surface area contributed by atoms with Crippen LogP contribution < -0.4 is 10.9 Å². The molecule has 7 heavy (non-hydrogen) atoms. The molecule has 1 radical (unpaired) electrons. The molecule has 1 amide bonds. The molecule has 1 aliphatic rings. The van der Waals surface area contributed by atoms with Crippen LogP contribution in [0.15, 0.2) is 0 Å². The molecule has 3 nitrogen and oxygen atoms in total. The van der Waals surface area contributed by atoms with E-state index in [-0.39, 0.29) is 5.91 Å². The average molecular weight is 117 g/mol. The Labute approximate surface area is 45.8 Å². The maximum Gasteiger partial charge on any atom is 0.267 e. The van der Waals surface area contributed by atoms with Crippen molar-refractivity contribution >= 4 is 17.7 Å². The Morgan fingerprint density at radius 3 is 3.00 bits per heavy atom. The van der Waals surface area contributed by atoms with Crippen LogP contribution in [-0.4, -0.2) is 17.5 Å². The number of nitrogens with zero attached hydrogens (tertiary/aromatic N) is 1. The topological polar surface area (TPSA) is 43.2 Å². The molecule has 0 aliphatic carbocycles. The molecule has 0 aromatic carbocycles. The van der Waals surface area contributed by atoms with Crippen LogP contribution in [0.3, 0.4) is 0 Å². The smallest absolute Gasteiger partial charge is 0.267 e. The number of carbonyl (C=O) groups excluding carboxylic acids is 1. The van der Waals surface area contributed by atoms with E-state index in [1.54, 1.807) is 11.8 Å². The fraction of sp³-hybridized carbons (Fsp3) is 0.667. The summed E-state index contributed by atoms with van der Waals surface area (Å²) >= 11 is 1.55. The molecule has 39 valence electrons. The highest BCUT2D eigenvalue weighted by molar-refractivity contribution is 7.99. The predicted molar refractivity (Wildman–Crippen MR) is 27.6 cm³/mol. The molecule has 1 rings (SSSR count). The van der Waals surface area contributed by atoms with E-state index < -0.39 is 0 Å². The van der Waals surface area contributed by atoms with E-state index in [0.717, 1.165) is 5.88 Å². The van der Waals surface area contributed by atoms with Crippen LogP contribution >= 0.6 is 11.8 Å². The largest absolute Gasteiger partial charge is 0.270 e. The van der Waals surface area contributed by atoms with Gasteiger partial charge in [-0.15, -0.1) is 11.8 Å². The number of hydrogen-bond acceptors (Lipinski definition) is 3. The summed E-state index contributed by atoms with van der Waals surface area (Å²) in [7, 11) is 0. The van der Waals surface area contributed by atoms with Crippen LogP contribution in [0.2, 0.25) is 0 Å². The van der Waals surface area contributed by atoms with Gasteiger partial charge in [0.1, 0.15) is 0 Å². The summed E-state index contributed by atoms with van der Waals surface area (Å²) in [5, 5.41) is 0. The SMILES string of the molecule is O=C1CSCN[N]1. The summed E-state index contributed by atoms with van der Waals surface area (Å²) in [6.45, 7) is 0. The van der Waals surface area contributed by atoms with Crippen LogP contribution in [0.4, 0.5) is 0 Å². The average Bonchev–Trinajstić information content (AvgIpc) is 1.69. The van der Waals surface area contributed by atoms with Gasteiger partial charge in [-0.2, -0.15) is 5.43 Å². The van der Waals surface area contributed by atoms with E-state index in [0.29, 0.717) is 5.75 Å². The zero-order valence-corrected chi connectivity index (χ0v) is 4.49. The molecule has 0 saturated carbocycles. The standard InChI is InChI=1S/C3H5N2OS/c6-3-1-7-2-4-5-3/h4H,1-2H2. The van der Waals surface area contributed by atoms with Gasteiger partial charge in [0.25, 0.3) is 5.91 Å². The minimum atomic E-state index is -0.0590. The lowest BCUT2D eigenvalue weighted by Crippen LogP contribution is -2.35. The monoisotopic (exact) mass is 117 g/mol. The zero-order chi connectivity index (χ0) is 5.11. The van der Waals surface area contributed by atoms with E-state index >= 15 is 0 Å². The Kier molecular flexibility index (Phi) is 1.54. The lowest BCUT2D eigenvalue weighted by Gasteiger charge is -2.07. The second-order valence-electron chi connectivity index (χ2n) is 1.16. The molecule has 1 N–H and O–H groups in total. The summed E-state index contributed by atoms with van der Waals surface area (Å²) in [5.41, 5.74) is 5.99. The van der Waals surface area contributed by atoms with Crippen LogP contribution in [0, 0.1) is 0 Å². The van der Waals surface area contributed by atoms with E-state index in [1.165, 1.54) is 0 Å². The van der Waals surface area contributed by atoms with E-state index in [4.69, 9.17) is 0 Å². The summed E-state index contributed by atoms with van der Waals surface area (Å²) in [6, 6.07) is 0. The minimum Gasteiger partial charge on any atom is -0.270 e. The molecule has 0 unspecified atom stereocenters. The molecule has 1 aliphatic heterocycles. The van der Waals surface area contributed by atoms with Crippen molar-refractivity contribution in [2.24, 2.45) is 0 Å². The highest BCUT2D eigenvalue weighted by Crippen LogP contribution is 1.98. The first-order valence-corrected chi connectivity index (χ1v) is 3.09. The van der Waals surface area contributed by atoms with Crippen molar-refractivity contribution < 1.29 is 4.79 Å². The van der Waals surface area contributed by atoms with Gasteiger partial charge in [-0.05, 0) is 0 Å². The summed E-state index contributed by atoms with van der Waals surface area (Å²) in [6.07, 6.45) is 0. The summed E-state index contributed by atoms with van der Waals surface area (Å²) < 4.78 is 0. The Morgan fingerprint density at radius 2 is 2.71 bits per heavy atom. The molecule has 0 atom stereocenters. The van der Waals surface area contributed by atoms with Crippen molar-refractivity contribution in [2.75, 3.05) is 11.6 Å². The van der Waals surface area contributed by atoms with Crippen molar-refractivity contribution in [1.82, 2.24) is 10.9 Å². The molecule has 0 bridgehead atoms. The molecule has 1 fully saturated rings. The Balaban J connectivity index is 2.25. The van der Waals surface area contributed by atoms with Crippen molar-refractivity contribution in [3.05, 3.63) is 0 Å². The number of amides is 1. The van der Waals surface area contributed by atoms with E-state index in [2.05, 4.69) is 10.9 Å². The summed E-state index contributed by atoms with van der Waals surface area (Å²) in [4.78, 5) is 10.2. The molecular weight excluding hydrogens is 112 g/mol. The highest BCUT2D eigenvalue weighted by atomic mass is 32.2. The van der Waals surface area contributed by atoms with Gasteiger partial charge in [0.05, 0.1) is 11.6 Å². The van der Waals surface area contributed by atoms with Gasteiger partial charge in [-0.3, -0.25) is 4.79 Å².